The number of hydrogen-bond donors (Lipinski definition) is 2. The van der Waals surface area contributed by atoms with Crippen LogP contribution in [0.1, 0.15) is 31.4 Å². The minimum absolute atomic E-state index is 0.0975. The molecule has 0 bridgehead atoms. The van der Waals surface area contributed by atoms with Crippen LogP contribution in [0.4, 0.5) is 24.7 Å². The number of aryl methyl sites for hydroxylation is 2. The van der Waals surface area contributed by atoms with Crippen molar-refractivity contribution in [3.63, 3.8) is 0 Å². The van der Waals surface area contributed by atoms with Crippen LogP contribution in [0.5, 0.6) is 0 Å². The Hall–Kier alpha value is -1.73. The molecule has 2 rings (SSSR count). The Morgan fingerprint density at radius 3 is 2.62 bits per heavy atom. The molecule has 118 valence electrons. The van der Waals surface area contributed by atoms with Crippen LogP contribution < -0.4 is 11.1 Å². The summed E-state index contributed by atoms with van der Waals surface area (Å²) < 4.78 is 39.7. The highest BCUT2D eigenvalue weighted by Crippen LogP contribution is 2.40. The molecule has 1 fully saturated rings. The average molecular weight is 304 g/mol. The van der Waals surface area contributed by atoms with Crippen molar-refractivity contribution in [2.45, 2.75) is 38.8 Å². The molecule has 5 nitrogen and oxygen atoms in total. The number of halogens is 3. The number of nitrogen functional groups attached to an aromatic ring is 1. The topological polar surface area (TPSA) is 72.9 Å². The van der Waals surface area contributed by atoms with Gasteiger partial charge in [-0.25, -0.2) is 0 Å². The number of amides is 1. The predicted octanol–water partition coefficient (Wildman–Crippen LogP) is 2.62. The van der Waals surface area contributed by atoms with Gasteiger partial charge in [-0.15, -0.1) is 0 Å². The Bertz CT molecular complexity index is 538. The van der Waals surface area contributed by atoms with Gasteiger partial charge in [0.25, 0.3) is 0 Å². The van der Waals surface area contributed by atoms with E-state index in [1.165, 1.54) is 4.68 Å². The van der Waals surface area contributed by atoms with Crippen LogP contribution in [0.25, 0.3) is 0 Å². The largest absolute Gasteiger partial charge is 0.394 e. The first-order valence-electron chi connectivity index (χ1n) is 6.86. The summed E-state index contributed by atoms with van der Waals surface area (Å²) in [5, 5.41) is 6.67. The van der Waals surface area contributed by atoms with E-state index >= 15 is 0 Å². The lowest BCUT2D eigenvalue weighted by molar-refractivity contribution is -0.185. The van der Waals surface area contributed by atoms with Crippen molar-refractivity contribution in [3.05, 3.63) is 5.69 Å². The van der Waals surface area contributed by atoms with E-state index in [4.69, 9.17) is 5.73 Å². The summed E-state index contributed by atoms with van der Waals surface area (Å²) in [6.07, 6.45) is -3.43. The van der Waals surface area contributed by atoms with Gasteiger partial charge in [0, 0.05) is 13.0 Å². The molecule has 21 heavy (non-hydrogen) atoms. The van der Waals surface area contributed by atoms with Gasteiger partial charge in [0.2, 0.25) is 5.91 Å². The molecule has 1 heterocycles. The molecule has 1 aliphatic carbocycles. The van der Waals surface area contributed by atoms with Crippen LogP contribution in [0, 0.1) is 18.8 Å². The zero-order valence-corrected chi connectivity index (χ0v) is 12.0. The maximum Gasteiger partial charge on any atom is 0.391 e. The van der Waals surface area contributed by atoms with Crippen LogP contribution in [-0.2, 0) is 11.8 Å². The second kappa shape index (κ2) is 5.57. The molecule has 2 unspecified atom stereocenters. The molecule has 2 atom stereocenters. The molecule has 0 aliphatic heterocycles. The van der Waals surface area contributed by atoms with Gasteiger partial charge in [-0.1, -0.05) is 6.42 Å². The van der Waals surface area contributed by atoms with Crippen LogP contribution in [0.2, 0.25) is 0 Å². The minimum Gasteiger partial charge on any atom is -0.394 e. The first-order valence-corrected chi connectivity index (χ1v) is 6.86. The lowest BCUT2D eigenvalue weighted by Gasteiger charge is -2.29. The summed E-state index contributed by atoms with van der Waals surface area (Å²) in [6.45, 7) is 1.70. The summed E-state index contributed by atoms with van der Waals surface area (Å²) in [4.78, 5) is 12.2. The van der Waals surface area contributed by atoms with Crippen molar-refractivity contribution in [2.75, 3.05) is 11.1 Å². The summed E-state index contributed by atoms with van der Waals surface area (Å²) in [5.74, 6) is -2.11. The molecular weight excluding hydrogens is 285 g/mol. The van der Waals surface area contributed by atoms with E-state index < -0.39 is 23.9 Å². The van der Waals surface area contributed by atoms with Gasteiger partial charge >= 0.3 is 6.18 Å². The molecule has 1 aromatic rings. The Kier molecular flexibility index (Phi) is 4.15. The molecule has 1 aromatic heterocycles. The number of carbonyl (C=O) groups excluding carboxylic acids is 1. The Morgan fingerprint density at radius 2 is 2.10 bits per heavy atom. The van der Waals surface area contributed by atoms with Crippen LogP contribution in [-0.4, -0.2) is 21.9 Å². The fourth-order valence-electron chi connectivity index (χ4n) is 2.77. The fourth-order valence-corrected chi connectivity index (χ4v) is 2.77. The second-order valence-corrected chi connectivity index (χ2v) is 5.56. The Labute approximate surface area is 120 Å². The predicted molar refractivity (Wildman–Crippen MR) is 72.5 cm³/mol. The number of anilines is 2. The Balaban J connectivity index is 2.06. The highest BCUT2D eigenvalue weighted by molar-refractivity contribution is 5.94. The monoisotopic (exact) mass is 304 g/mol. The molecular formula is C13H19F3N4O. The third kappa shape index (κ3) is 3.30. The van der Waals surface area contributed by atoms with E-state index in [1.54, 1.807) is 14.0 Å². The van der Waals surface area contributed by atoms with Crippen molar-refractivity contribution in [1.29, 1.82) is 0 Å². The maximum absolute atomic E-state index is 12.8. The van der Waals surface area contributed by atoms with E-state index in [0.717, 1.165) is 0 Å². The van der Waals surface area contributed by atoms with Gasteiger partial charge in [0.1, 0.15) is 0 Å². The van der Waals surface area contributed by atoms with Gasteiger partial charge in [0.15, 0.2) is 5.82 Å². The first kappa shape index (κ1) is 15.7. The standard InChI is InChI=1S/C13H19F3N4O/c1-7-10(17)11(20(2)19-7)18-12(21)8-4-3-5-9(6-8)13(14,15)16/h8-9H,3-6,17H2,1-2H3,(H,18,21). The lowest BCUT2D eigenvalue weighted by atomic mass is 9.80. The molecule has 3 N–H and O–H groups in total. The summed E-state index contributed by atoms with van der Waals surface area (Å²) in [6, 6.07) is 0. The summed E-state index contributed by atoms with van der Waals surface area (Å²) >= 11 is 0. The molecule has 0 aromatic carbocycles. The smallest absolute Gasteiger partial charge is 0.391 e. The third-order valence-electron chi connectivity index (χ3n) is 4.02. The number of hydrogen-bond acceptors (Lipinski definition) is 3. The summed E-state index contributed by atoms with van der Waals surface area (Å²) in [7, 11) is 1.62. The van der Waals surface area contributed by atoms with Crippen molar-refractivity contribution < 1.29 is 18.0 Å². The maximum atomic E-state index is 12.8. The lowest BCUT2D eigenvalue weighted by Crippen LogP contribution is -2.34. The SMILES string of the molecule is Cc1nn(C)c(NC(=O)C2CCCC(C(F)(F)F)C2)c1N. The number of alkyl halides is 3. The van der Waals surface area contributed by atoms with E-state index in [1.807, 2.05) is 0 Å². The molecule has 1 amide bonds. The molecule has 0 spiro atoms. The highest BCUT2D eigenvalue weighted by Gasteiger charge is 2.43. The molecule has 1 saturated carbocycles. The number of nitrogens with one attached hydrogen (secondary N) is 1. The fraction of sp³-hybridized carbons (Fsp3) is 0.692. The van der Waals surface area contributed by atoms with Crippen molar-refractivity contribution >= 4 is 17.4 Å². The van der Waals surface area contributed by atoms with Crippen LogP contribution in [0.3, 0.4) is 0 Å². The number of nitrogens with zero attached hydrogens (tertiary/aromatic N) is 2. The third-order valence-corrected chi connectivity index (χ3v) is 4.02. The van der Waals surface area contributed by atoms with Crippen molar-refractivity contribution in [2.24, 2.45) is 18.9 Å². The van der Waals surface area contributed by atoms with E-state index in [9.17, 15) is 18.0 Å². The summed E-state index contributed by atoms with van der Waals surface area (Å²) in [5.41, 5.74) is 6.72. The minimum atomic E-state index is -4.24. The zero-order chi connectivity index (χ0) is 15.8. The molecule has 0 radical (unpaired) electrons. The van der Waals surface area contributed by atoms with Gasteiger partial charge in [-0.3, -0.25) is 9.48 Å². The quantitative estimate of drug-likeness (QED) is 0.882. The van der Waals surface area contributed by atoms with Gasteiger partial charge < -0.3 is 11.1 Å². The van der Waals surface area contributed by atoms with E-state index in [-0.39, 0.29) is 12.8 Å². The van der Waals surface area contributed by atoms with Gasteiger partial charge in [-0.05, 0) is 26.2 Å². The van der Waals surface area contributed by atoms with Crippen molar-refractivity contribution in [3.8, 4) is 0 Å². The Morgan fingerprint density at radius 1 is 1.43 bits per heavy atom. The van der Waals surface area contributed by atoms with Crippen LogP contribution in [0.15, 0.2) is 0 Å². The zero-order valence-electron chi connectivity index (χ0n) is 12.0. The molecule has 1 aliphatic rings. The molecule has 0 saturated heterocycles. The number of nitrogens with two attached hydrogens (primary N) is 1. The number of aromatic nitrogens is 2. The normalized spacial score (nSPS) is 23.1. The number of carbonyl (C=O) groups is 1. The number of rotatable bonds is 2. The van der Waals surface area contributed by atoms with Crippen LogP contribution >= 0.6 is 0 Å². The van der Waals surface area contributed by atoms with E-state index in [0.29, 0.717) is 30.0 Å². The average Bonchev–Trinajstić information content (AvgIpc) is 2.64. The van der Waals surface area contributed by atoms with E-state index in [2.05, 4.69) is 10.4 Å². The van der Waals surface area contributed by atoms with Crippen molar-refractivity contribution in [1.82, 2.24) is 9.78 Å². The molecule has 8 heteroatoms. The second-order valence-electron chi connectivity index (χ2n) is 5.56. The van der Waals surface area contributed by atoms with Gasteiger partial charge in [-0.2, -0.15) is 18.3 Å². The first-order chi connectivity index (χ1) is 9.70. The highest BCUT2D eigenvalue weighted by atomic mass is 19.4. The van der Waals surface area contributed by atoms with Gasteiger partial charge in [0.05, 0.1) is 17.3 Å².